The summed E-state index contributed by atoms with van der Waals surface area (Å²) in [5.41, 5.74) is 4.84. The summed E-state index contributed by atoms with van der Waals surface area (Å²) in [7, 11) is 0. The van der Waals surface area contributed by atoms with E-state index in [4.69, 9.17) is 15.3 Å². The lowest BCUT2D eigenvalue weighted by Crippen LogP contribution is -2.21. The lowest BCUT2D eigenvalue weighted by molar-refractivity contribution is 0.0801. The van der Waals surface area contributed by atoms with Crippen LogP contribution in [0.2, 0.25) is 0 Å². The number of phenols is 1. The molecule has 268 valence electrons. The highest BCUT2D eigenvalue weighted by atomic mass is 16.3. The molecule has 1 heterocycles. The smallest absolute Gasteiger partial charge is 0.115 e. The molecule has 0 aliphatic rings. The van der Waals surface area contributed by atoms with E-state index in [1.807, 2.05) is 60.6 Å². The summed E-state index contributed by atoms with van der Waals surface area (Å²) in [4.78, 5) is 3.31. The van der Waals surface area contributed by atoms with Crippen molar-refractivity contribution in [2.45, 2.75) is 144 Å². The number of aromatic hydroxyl groups is 1. The highest BCUT2D eigenvalue weighted by molar-refractivity contribution is 5.83. The molecule has 3 rings (SSSR count). The van der Waals surface area contributed by atoms with Gasteiger partial charge in [-0.25, -0.2) is 0 Å². The number of hydrogen-bond acceptors (Lipinski definition) is 3. The molecule has 0 fully saturated rings. The number of para-hydroxylation sites is 1. The molecule has 46 heavy (non-hydrogen) atoms. The van der Waals surface area contributed by atoms with E-state index >= 15 is 0 Å². The van der Waals surface area contributed by atoms with Gasteiger partial charge in [0.15, 0.2) is 0 Å². The minimum absolute atomic E-state index is 0.0556. The number of aryl methyl sites for hydroxylation is 1. The van der Waals surface area contributed by atoms with Crippen LogP contribution in [-0.2, 0) is 6.42 Å². The Morgan fingerprint density at radius 2 is 1.02 bits per heavy atom. The maximum Gasteiger partial charge on any atom is 0.115 e. The molecule has 4 heteroatoms. The highest BCUT2D eigenvalue weighted by Crippen LogP contribution is 2.26. The summed E-state index contributed by atoms with van der Waals surface area (Å²) < 4.78 is 0. The Bertz CT molecular complexity index is 1090. The Hall–Kier alpha value is -2.30. The van der Waals surface area contributed by atoms with Crippen molar-refractivity contribution in [3.63, 3.8) is 0 Å². The van der Waals surface area contributed by atoms with Gasteiger partial charge in [0, 0.05) is 23.7 Å². The van der Waals surface area contributed by atoms with Crippen LogP contribution in [0.15, 0.2) is 54.7 Å². The van der Waals surface area contributed by atoms with Crippen LogP contribution < -0.4 is 0 Å². The molecule has 1 aromatic heterocycles. The summed E-state index contributed by atoms with van der Waals surface area (Å²) in [6, 6.07) is 15.6. The minimum atomic E-state index is -0.201. The Kier molecular flexibility index (Phi) is 23.3. The molecule has 0 spiro atoms. The fourth-order valence-corrected chi connectivity index (χ4v) is 2.39. The molecule has 4 N–H and O–H groups in total. The van der Waals surface area contributed by atoms with Crippen molar-refractivity contribution in [1.29, 1.82) is 0 Å². The number of hydrogen-bond donors (Lipinski definition) is 4. The molecule has 0 bridgehead atoms. The van der Waals surface area contributed by atoms with Crippen molar-refractivity contribution in [3.8, 4) is 5.75 Å². The van der Waals surface area contributed by atoms with Gasteiger partial charge in [-0.1, -0.05) is 154 Å². The molecule has 1 atom stereocenters. The van der Waals surface area contributed by atoms with Crippen molar-refractivity contribution < 1.29 is 15.3 Å². The second kappa shape index (κ2) is 22.3. The van der Waals surface area contributed by atoms with Gasteiger partial charge in [0.1, 0.15) is 5.75 Å². The number of phenolic OH excluding ortho intramolecular Hbond substituents is 1. The SMILES string of the molecule is CC(C)(C)CO.CC(C)(C)Cc1c[nH]c2ccccc12.CC(C)C.CC(C)C(C)(C)C.CC(O)C(C)(C)C.Cc1ccc(O)cc1. The van der Waals surface area contributed by atoms with Crippen molar-refractivity contribution in [2.24, 2.45) is 33.5 Å². The van der Waals surface area contributed by atoms with Gasteiger partial charge in [-0.15, -0.1) is 0 Å². The van der Waals surface area contributed by atoms with Crippen molar-refractivity contribution in [2.75, 3.05) is 6.61 Å². The van der Waals surface area contributed by atoms with E-state index in [9.17, 15) is 0 Å². The monoisotopic (exact) mass is 644 g/mol. The first-order valence-electron chi connectivity index (χ1n) is 17.1. The fraction of sp³-hybridized carbons (Fsp3) is 0.667. The number of aromatic amines is 1. The lowest BCUT2D eigenvalue weighted by Gasteiger charge is -2.22. The Balaban J connectivity index is -0.000000509. The van der Waals surface area contributed by atoms with Gasteiger partial charge >= 0.3 is 0 Å². The molecule has 0 aliphatic heterocycles. The predicted octanol–water partition coefficient (Wildman–Crippen LogP) is 12.2. The van der Waals surface area contributed by atoms with Crippen LogP contribution >= 0.6 is 0 Å². The van der Waals surface area contributed by atoms with Crippen molar-refractivity contribution in [3.05, 3.63) is 65.9 Å². The average Bonchev–Trinajstić information content (AvgIpc) is 3.27. The third-order valence-corrected chi connectivity index (χ3v) is 6.89. The summed E-state index contributed by atoms with van der Waals surface area (Å²) in [5, 5.41) is 27.4. The molecule has 0 saturated carbocycles. The molecule has 1 unspecified atom stereocenters. The first-order valence-corrected chi connectivity index (χ1v) is 17.1. The minimum Gasteiger partial charge on any atom is -0.508 e. The standard InChI is InChI=1S/C13H17N.C7H8O.C7H16.C6H14O.C5H12O.C4H10/c1-13(2,3)8-10-9-14-12-7-5-4-6-11(10)12;1-6-2-4-7(8)5-3-6;1-6(2)7(3,4)5;1-5(7)6(2,3)4;1-5(2,3)4-6;1-4(2)3/h4-7,9,14H,8H2,1-3H3;2-5,8H,1H3;6H,1-5H3;5,7H,1-4H3;6H,4H2,1-3H3;4H,1-3H3. The maximum atomic E-state index is 8.89. The molecule has 0 radical (unpaired) electrons. The quantitative estimate of drug-likeness (QED) is 0.213. The van der Waals surface area contributed by atoms with Crippen LogP contribution in [0.3, 0.4) is 0 Å². The molecule has 0 amide bonds. The molecular weight excluding hydrogens is 566 g/mol. The van der Waals surface area contributed by atoms with Crippen LogP contribution in [0.4, 0.5) is 0 Å². The Morgan fingerprint density at radius 1 is 0.652 bits per heavy atom. The summed E-state index contributed by atoms with van der Waals surface area (Å²) in [6.45, 7) is 40.7. The van der Waals surface area contributed by atoms with Gasteiger partial charge in [-0.2, -0.15) is 0 Å². The van der Waals surface area contributed by atoms with E-state index in [-0.39, 0.29) is 23.5 Å². The van der Waals surface area contributed by atoms with E-state index in [1.165, 1.54) is 22.0 Å². The molecule has 3 aromatic rings. The average molecular weight is 644 g/mol. The van der Waals surface area contributed by atoms with Gasteiger partial charge < -0.3 is 20.3 Å². The van der Waals surface area contributed by atoms with Gasteiger partial charge in [0.25, 0.3) is 0 Å². The van der Waals surface area contributed by atoms with Crippen LogP contribution in [0, 0.1) is 40.4 Å². The zero-order valence-corrected chi connectivity index (χ0v) is 33.7. The lowest BCUT2D eigenvalue weighted by atomic mass is 9.84. The van der Waals surface area contributed by atoms with Crippen LogP contribution in [0.25, 0.3) is 10.9 Å². The second-order valence-corrected chi connectivity index (χ2v) is 17.9. The van der Waals surface area contributed by atoms with E-state index in [0.717, 1.165) is 18.3 Å². The van der Waals surface area contributed by atoms with Gasteiger partial charge in [0.2, 0.25) is 0 Å². The van der Waals surface area contributed by atoms with E-state index in [0.29, 0.717) is 16.6 Å². The maximum absolute atomic E-state index is 8.89. The number of benzene rings is 2. The Labute approximate surface area is 286 Å². The first-order chi connectivity index (χ1) is 20.5. The van der Waals surface area contributed by atoms with E-state index in [1.54, 1.807) is 19.1 Å². The van der Waals surface area contributed by atoms with Crippen LogP contribution in [0.1, 0.15) is 136 Å². The summed E-state index contributed by atoms with van der Waals surface area (Å²) in [6.07, 6.45) is 3.06. The number of aliphatic hydroxyl groups is 2. The zero-order valence-electron chi connectivity index (χ0n) is 33.7. The number of fused-ring (bicyclic) bond motifs is 1. The number of aromatic nitrogens is 1. The van der Waals surface area contributed by atoms with Gasteiger partial charge in [-0.3, -0.25) is 0 Å². The first kappa shape index (κ1) is 48.1. The Morgan fingerprint density at radius 3 is 1.30 bits per heavy atom. The number of aliphatic hydroxyl groups excluding tert-OH is 2. The van der Waals surface area contributed by atoms with Crippen molar-refractivity contribution >= 4 is 10.9 Å². The van der Waals surface area contributed by atoms with E-state index < -0.39 is 0 Å². The fourth-order valence-electron chi connectivity index (χ4n) is 2.39. The summed E-state index contributed by atoms with van der Waals surface area (Å²) in [5.74, 6) is 1.96. The highest BCUT2D eigenvalue weighted by Gasteiger charge is 2.16. The van der Waals surface area contributed by atoms with Gasteiger partial charge in [0.05, 0.1) is 6.10 Å². The number of nitrogens with one attached hydrogen (secondary N) is 1. The predicted molar refractivity (Wildman–Crippen MR) is 207 cm³/mol. The number of H-pyrrole nitrogens is 1. The van der Waals surface area contributed by atoms with Crippen molar-refractivity contribution in [1.82, 2.24) is 4.98 Å². The third kappa shape index (κ3) is 30.4. The third-order valence-electron chi connectivity index (χ3n) is 6.89. The van der Waals surface area contributed by atoms with E-state index in [2.05, 4.69) is 112 Å². The summed E-state index contributed by atoms with van der Waals surface area (Å²) >= 11 is 0. The normalized spacial score (nSPS) is 12.2. The zero-order chi connectivity index (χ0) is 37.1. The van der Waals surface area contributed by atoms with Gasteiger partial charge in [-0.05, 0) is 77.5 Å². The molecule has 2 aromatic carbocycles. The molecule has 4 nitrogen and oxygen atoms in total. The molecule has 0 saturated heterocycles. The second-order valence-electron chi connectivity index (χ2n) is 17.9. The molecule has 0 aliphatic carbocycles. The molecular formula is C42H77NO3. The largest absolute Gasteiger partial charge is 0.508 e. The topological polar surface area (TPSA) is 76.5 Å². The van der Waals surface area contributed by atoms with Crippen LogP contribution in [0.5, 0.6) is 5.75 Å². The number of rotatable bonds is 1. The van der Waals surface area contributed by atoms with Crippen LogP contribution in [-0.4, -0.2) is 33.0 Å².